The molecule has 0 aliphatic carbocycles. The molecule has 8 heteroatoms. The lowest BCUT2D eigenvalue weighted by Gasteiger charge is -2.08. The van der Waals surface area contributed by atoms with Crippen LogP contribution in [0.3, 0.4) is 0 Å². The van der Waals surface area contributed by atoms with Crippen molar-refractivity contribution in [3.63, 3.8) is 0 Å². The molecule has 3 aromatic rings. The van der Waals surface area contributed by atoms with E-state index in [1.54, 1.807) is 24.3 Å². The Hall–Kier alpha value is -4.12. The lowest BCUT2D eigenvalue weighted by molar-refractivity contribution is -0.116. The van der Waals surface area contributed by atoms with Gasteiger partial charge in [0.15, 0.2) is 0 Å². The van der Waals surface area contributed by atoms with E-state index in [9.17, 15) is 19.5 Å². The number of carboxylic acid groups (broad SMARTS) is 1. The Morgan fingerprint density at radius 2 is 1.90 bits per heavy atom. The van der Waals surface area contributed by atoms with Crippen molar-refractivity contribution in [1.29, 1.82) is 5.26 Å². The van der Waals surface area contributed by atoms with Crippen LogP contribution in [0.4, 0.5) is 11.4 Å². The van der Waals surface area contributed by atoms with Gasteiger partial charge in [-0.25, -0.2) is 4.79 Å². The van der Waals surface area contributed by atoms with Crippen LogP contribution in [0.5, 0.6) is 0 Å². The second-order valence-corrected chi connectivity index (χ2v) is 6.74. The van der Waals surface area contributed by atoms with E-state index < -0.39 is 11.9 Å². The number of aromatic carboxylic acids is 1. The maximum Gasteiger partial charge on any atom is 0.337 e. The molecule has 0 atom stereocenters. The van der Waals surface area contributed by atoms with Crippen LogP contribution in [0.15, 0.2) is 42.5 Å². The lowest BCUT2D eigenvalue weighted by atomic mass is 10.1. The van der Waals surface area contributed by atoms with Crippen LogP contribution in [0.25, 0.3) is 10.9 Å². The van der Waals surface area contributed by atoms with Crippen LogP contribution in [0.2, 0.25) is 0 Å². The first-order valence-electron chi connectivity index (χ1n) is 9.43. The highest BCUT2D eigenvalue weighted by atomic mass is 16.4. The van der Waals surface area contributed by atoms with Gasteiger partial charge in [-0.3, -0.25) is 9.59 Å². The van der Waals surface area contributed by atoms with E-state index in [2.05, 4.69) is 15.6 Å². The Labute approximate surface area is 172 Å². The van der Waals surface area contributed by atoms with Gasteiger partial charge in [0.2, 0.25) is 5.91 Å². The van der Waals surface area contributed by atoms with E-state index in [0.29, 0.717) is 17.6 Å². The number of para-hydroxylation sites is 1. The summed E-state index contributed by atoms with van der Waals surface area (Å²) < 4.78 is 0. The molecule has 0 spiro atoms. The minimum absolute atomic E-state index is 0.0817. The van der Waals surface area contributed by atoms with Crippen LogP contribution in [-0.4, -0.2) is 27.9 Å². The summed E-state index contributed by atoms with van der Waals surface area (Å²) in [7, 11) is 0. The Morgan fingerprint density at radius 3 is 2.60 bits per heavy atom. The van der Waals surface area contributed by atoms with Crippen molar-refractivity contribution in [1.82, 2.24) is 4.98 Å². The molecule has 152 valence electrons. The topological polar surface area (TPSA) is 135 Å². The minimum atomic E-state index is -1.25. The number of nitrogens with zero attached hydrogens (tertiary/aromatic N) is 1. The van der Waals surface area contributed by atoms with Gasteiger partial charge in [0.05, 0.1) is 34.1 Å². The van der Waals surface area contributed by atoms with Crippen molar-refractivity contribution in [3.05, 3.63) is 59.3 Å². The van der Waals surface area contributed by atoms with Crippen molar-refractivity contribution in [3.8, 4) is 6.07 Å². The Bertz CT molecular complexity index is 1170. The Balaban J connectivity index is 1.86. The van der Waals surface area contributed by atoms with E-state index in [0.717, 1.165) is 18.2 Å². The van der Waals surface area contributed by atoms with Gasteiger partial charge in [-0.15, -0.1) is 0 Å². The van der Waals surface area contributed by atoms with Gasteiger partial charge in [0, 0.05) is 11.8 Å². The van der Waals surface area contributed by atoms with Gasteiger partial charge in [-0.05, 0) is 36.8 Å². The Kier molecular flexibility index (Phi) is 6.13. The fraction of sp³-hybridized carbons (Fsp3) is 0.182. The Morgan fingerprint density at radius 1 is 1.10 bits per heavy atom. The molecular formula is C22H20N4O4. The molecule has 3 rings (SSSR count). The van der Waals surface area contributed by atoms with Gasteiger partial charge in [-0.1, -0.05) is 25.5 Å². The summed E-state index contributed by atoms with van der Waals surface area (Å²) in [5.74, 6) is -1.90. The number of H-pyrrole nitrogens is 1. The second kappa shape index (κ2) is 8.92. The van der Waals surface area contributed by atoms with E-state index in [1.165, 1.54) is 18.2 Å². The molecule has 4 N–H and O–H groups in total. The van der Waals surface area contributed by atoms with E-state index in [-0.39, 0.29) is 28.4 Å². The van der Waals surface area contributed by atoms with E-state index in [4.69, 9.17) is 5.26 Å². The third-order valence-electron chi connectivity index (χ3n) is 4.56. The van der Waals surface area contributed by atoms with Gasteiger partial charge < -0.3 is 20.7 Å². The number of amides is 2. The lowest BCUT2D eigenvalue weighted by Crippen LogP contribution is -2.15. The number of carbonyl (C=O) groups is 3. The monoisotopic (exact) mass is 404 g/mol. The summed E-state index contributed by atoms with van der Waals surface area (Å²) in [6.07, 6.45) is 2.12. The molecule has 0 radical (unpaired) electrons. The summed E-state index contributed by atoms with van der Waals surface area (Å²) in [6.45, 7) is 2.01. The number of anilines is 2. The number of nitriles is 1. The average molecular weight is 404 g/mol. The number of hydrogen-bond acceptors (Lipinski definition) is 4. The molecular weight excluding hydrogens is 384 g/mol. The van der Waals surface area contributed by atoms with Crippen LogP contribution >= 0.6 is 0 Å². The fourth-order valence-corrected chi connectivity index (χ4v) is 3.02. The zero-order valence-electron chi connectivity index (χ0n) is 16.3. The quantitative estimate of drug-likeness (QED) is 0.470. The molecule has 2 aromatic carbocycles. The molecule has 8 nitrogen and oxygen atoms in total. The highest BCUT2D eigenvalue weighted by Crippen LogP contribution is 2.25. The normalized spacial score (nSPS) is 10.4. The summed E-state index contributed by atoms with van der Waals surface area (Å²) in [5.41, 5.74) is 1.46. The summed E-state index contributed by atoms with van der Waals surface area (Å²) in [6, 6.07) is 12.8. The molecule has 0 saturated carbocycles. The number of aromatic amines is 1. The predicted octanol–water partition coefficient (Wildman–Crippen LogP) is 4.12. The molecule has 2 amide bonds. The smallest absolute Gasteiger partial charge is 0.337 e. The van der Waals surface area contributed by atoms with Crippen molar-refractivity contribution in [2.24, 2.45) is 0 Å². The highest BCUT2D eigenvalue weighted by Gasteiger charge is 2.17. The third kappa shape index (κ3) is 4.47. The van der Waals surface area contributed by atoms with Crippen molar-refractivity contribution in [2.75, 3.05) is 10.6 Å². The third-order valence-corrected chi connectivity index (χ3v) is 4.56. The van der Waals surface area contributed by atoms with Crippen molar-refractivity contribution in [2.45, 2.75) is 26.2 Å². The van der Waals surface area contributed by atoms with Crippen molar-refractivity contribution < 1.29 is 19.5 Å². The molecule has 0 bridgehead atoms. The molecule has 0 saturated heterocycles. The van der Waals surface area contributed by atoms with Crippen LogP contribution in [-0.2, 0) is 4.79 Å². The minimum Gasteiger partial charge on any atom is -0.478 e. The molecule has 0 aliphatic heterocycles. The van der Waals surface area contributed by atoms with Crippen molar-refractivity contribution >= 4 is 40.1 Å². The number of hydrogen-bond donors (Lipinski definition) is 4. The number of aromatic nitrogens is 1. The molecule has 0 aliphatic rings. The largest absolute Gasteiger partial charge is 0.478 e. The molecule has 30 heavy (non-hydrogen) atoms. The number of nitrogens with one attached hydrogen (secondary N) is 3. The maximum absolute atomic E-state index is 12.7. The first-order chi connectivity index (χ1) is 14.4. The van der Waals surface area contributed by atoms with E-state index in [1.807, 2.05) is 13.0 Å². The summed E-state index contributed by atoms with van der Waals surface area (Å²) in [5, 5.41) is 24.4. The number of benzene rings is 2. The SMILES string of the molecule is CCCCC(=O)Nc1cccc2cc(C(=O)Nc3ccc(C#N)cc3C(=O)O)[nH]c12. The zero-order chi connectivity index (χ0) is 21.7. The second-order valence-electron chi connectivity index (χ2n) is 6.74. The number of unbranched alkanes of at least 4 members (excludes halogenated alkanes) is 1. The summed E-state index contributed by atoms with van der Waals surface area (Å²) >= 11 is 0. The van der Waals surface area contributed by atoms with Gasteiger partial charge in [-0.2, -0.15) is 5.26 Å². The molecule has 0 unspecified atom stereocenters. The zero-order valence-corrected chi connectivity index (χ0v) is 16.3. The standard InChI is InChI=1S/C22H20N4O4/c1-2-3-7-19(27)24-17-6-4-5-14-11-18(25-20(14)17)21(28)26-16-9-8-13(12-23)10-15(16)22(29)30/h4-6,8-11,25H,2-3,7H2,1H3,(H,24,27)(H,26,28)(H,29,30). The number of rotatable bonds is 7. The van der Waals surface area contributed by atoms with Crippen LogP contribution in [0.1, 0.15) is 52.6 Å². The van der Waals surface area contributed by atoms with Gasteiger partial charge in [0.1, 0.15) is 5.69 Å². The highest BCUT2D eigenvalue weighted by molar-refractivity contribution is 6.10. The van der Waals surface area contributed by atoms with Gasteiger partial charge in [0.25, 0.3) is 5.91 Å². The number of carboxylic acids is 1. The molecule has 1 heterocycles. The molecule has 0 fully saturated rings. The summed E-state index contributed by atoms with van der Waals surface area (Å²) in [4.78, 5) is 39.2. The van der Waals surface area contributed by atoms with Crippen LogP contribution in [0, 0.1) is 11.3 Å². The number of fused-ring (bicyclic) bond motifs is 1. The van der Waals surface area contributed by atoms with Crippen LogP contribution < -0.4 is 10.6 Å². The van der Waals surface area contributed by atoms with Gasteiger partial charge >= 0.3 is 5.97 Å². The first-order valence-corrected chi connectivity index (χ1v) is 9.43. The van der Waals surface area contributed by atoms with E-state index >= 15 is 0 Å². The average Bonchev–Trinajstić information content (AvgIpc) is 3.18. The maximum atomic E-state index is 12.7. The predicted molar refractivity (Wildman–Crippen MR) is 113 cm³/mol. The number of carbonyl (C=O) groups excluding carboxylic acids is 2. The first kappa shape index (κ1) is 20.6. The molecule has 1 aromatic heterocycles. The fourth-order valence-electron chi connectivity index (χ4n) is 3.02.